The molecule has 4 aromatic rings. The fourth-order valence-corrected chi connectivity index (χ4v) is 5.94. The van der Waals surface area contributed by atoms with Gasteiger partial charge in [0.25, 0.3) is 18.1 Å². The Bertz CT molecular complexity index is 1310. The maximum atomic E-state index is 11.4. The van der Waals surface area contributed by atoms with Gasteiger partial charge in [-0.1, -0.05) is 38.1 Å². The molecule has 0 amide bonds. The van der Waals surface area contributed by atoms with Crippen molar-refractivity contribution in [2.45, 2.75) is 36.5 Å². The topological polar surface area (TPSA) is 94.6 Å². The van der Waals surface area contributed by atoms with Crippen LogP contribution < -0.4 is 0 Å². The van der Waals surface area contributed by atoms with E-state index in [4.69, 9.17) is 30.2 Å². The van der Waals surface area contributed by atoms with Gasteiger partial charge in [0.05, 0.1) is 0 Å². The highest BCUT2D eigenvalue weighted by Crippen LogP contribution is 2.33. The van der Waals surface area contributed by atoms with Gasteiger partial charge in [-0.25, -0.2) is 16.8 Å². The summed E-state index contributed by atoms with van der Waals surface area (Å²) in [4.78, 5) is 0.199. The van der Waals surface area contributed by atoms with E-state index in [1.807, 2.05) is 13.8 Å². The Labute approximate surface area is 183 Å². The molecule has 0 spiro atoms. The van der Waals surface area contributed by atoms with Crippen LogP contribution in [0.4, 0.5) is 0 Å². The smallest absolute Gasteiger partial charge is 0.265 e. The monoisotopic (exact) mass is 488 g/mol. The molecule has 0 fully saturated rings. The van der Waals surface area contributed by atoms with E-state index < -0.39 is 18.1 Å². The number of rotatable bonds is 4. The summed E-state index contributed by atoms with van der Waals surface area (Å²) in [5.41, 5.74) is 1.10. The van der Waals surface area contributed by atoms with Gasteiger partial charge in [0.15, 0.2) is 0 Å². The molecule has 2 heterocycles. The van der Waals surface area contributed by atoms with Crippen LogP contribution in [0.2, 0.25) is 0 Å². The van der Waals surface area contributed by atoms with Crippen molar-refractivity contribution in [2.24, 2.45) is 0 Å². The summed E-state index contributed by atoms with van der Waals surface area (Å²) in [5.74, 6) is 0.817. The van der Waals surface area contributed by atoms with Crippen molar-refractivity contribution in [1.82, 2.24) is 0 Å². The third kappa shape index (κ3) is 4.51. The molecule has 0 bridgehead atoms. The number of halogens is 2. The molecular formula is C20H18Cl2O6S2. The van der Waals surface area contributed by atoms with Gasteiger partial charge < -0.3 is 8.83 Å². The Morgan fingerprint density at radius 1 is 0.667 bits per heavy atom. The molecule has 0 saturated heterocycles. The first-order valence-electron chi connectivity index (χ1n) is 8.98. The van der Waals surface area contributed by atoms with Crippen molar-refractivity contribution in [2.75, 3.05) is 0 Å². The maximum absolute atomic E-state index is 11.4. The van der Waals surface area contributed by atoms with Crippen LogP contribution in [0.25, 0.3) is 21.9 Å². The molecular weight excluding hydrogens is 471 g/mol. The first-order chi connectivity index (χ1) is 14.1. The highest BCUT2D eigenvalue weighted by molar-refractivity contribution is 8.14. The Kier molecular flexibility index (Phi) is 6.52. The zero-order chi connectivity index (χ0) is 22.1. The lowest BCUT2D eigenvalue weighted by molar-refractivity contribution is 0.539. The van der Waals surface area contributed by atoms with E-state index in [2.05, 4.69) is 0 Å². The summed E-state index contributed by atoms with van der Waals surface area (Å²) in [6, 6.07) is 13.9. The van der Waals surface area contributed by atoms with Crippen molar-refractivity contribution in [3.8, 4) is 0 Å². The van der Waals surface area contributed by atoms with Crippen molar-refractivity contribution < 1.29 is 25.7 Å². The molecule has 160 valence electrons. The predicted molar refractivity (Wildman–Crippen MR) is 117 cm³/mol. The summed E-state index contributed by atoms with van der Waals surface area (Å²) >= 11 is 0. The lowest BCUT2D eigenvalue weighted by atomic mass is 10.2. The Morgan fingerprint density at radius 2 is 1.00 bits per heavy atom. The zero-order valence-corrected chi connectivity index (χ0v) is 19.2. The van der Waals surface area contributed by atoms with E-state index in [1.54, 1.807) is 48.5 Å². The van der Waals surface area contributed by atoms with Crippen LogP contribution in [0.1, 0.15) is 25.4 Å². The molecule has 2 aromatic carbocycles. The largest absolute Gasteiger partial charge is 0.460 e. The number of furan rings is 2. The van der Waals surface area contributed by atoms with Gasteiger partial charge in [-0.05, 0) is 24.3 Å². The summed E-state index contributed by atoms with van der Waals surface area (Å²) in [6.45, 7) is 3.65. The fourth-order valence-electron chi connectivity index (χ4n) is 3.15. The molecule has 0 aliphatic carbocycles. The lowest BCUT2D eigenvalue weighted by Crippen LogP contribution is -1.93. The van der Waals surface area contributed by atoms with Gasteiger partial charge in [-0.3, -0.25) is 0 Å². The van der Waals surface area contributed by atoms with E-state index in [9.17, 15) is 16.8 Å². The van der Waals surface area contributed by atoms with Crippen LogP contribution in [0.3, 0.4) is 0 Å². The van der Waals surface area contributed by atoms with Crippen LogP contribution >= 0.6 is 21.4 Å². The third-order valence-corrected chi connectivity index (χ3v) is 7.16. The molecule has 2 aromatic heterocycles. The molecule has 0 aliphatic heterocycles. The van der Waals surface area contributed by atoms with E-state index >= 15 is 0 Å². The summed E-state index contributed by atoms with van der Waals surface area (Å²) in [6.07, 6.45) is 0.992. The molecule has 10 heteroatoms. The van der Waals surface area contributed by atoms with Gasteiger partial charge >= 0.3 is 0 Å². The SMILES string of the molecule is CCc1oc2ccccc2c1S(=O)(=O)Cl.CCc1oc2ccccc2c1S(=O)(=O)Cl. The third-order valence-electron chi connectivity index (χ3n) is 4.37. The van der Waals surface area contributed by atoms with Crippen molar-refractivity contribution in [3.63, 3.8) is 0 Å². The van der Waals surface area contributed by atoms with Crippen LogP contribution in [0.15, 0.2) is 67.2 Å². The fraction of sp³-hybridized carbons (Fsp3) is 0.200. The molecule has 0 atom stereocenters. The van der Waals surface area contributed by atoms with E-state index in [0.29, 0.717) is 46.3 Å². The standard InChI is InChI=1S/2C10H9ClO3S/c2*1-2-8-10(15(11,12)13)7-5-3-4-6-9(7)14-8/h2*3-6H,2H2,1H3. The number of hydrogen-bond donors (Lipinski definition) is 0. The Morgan fingerprint density at radius 3 is 1.30 bits per heavy atom. The first kappa shape index (κ1) is 22.7. The second-order valence-corrected chi connectivity index (χ2v) is 11.3. The molecule has 4 rings (SSSR count). The maximum Gasteiger partial charge on any atom is 0.265 e. The molecule has 0 N–H and O–H groups in total. The first-order valence-corrected chi connectivity index (χ1v) is 13.6. The van der Waals surface area contributed by atoms with Gasteiger partial charge in [-0.2, -0.15) is 0 Å². The number of para-hydroxylation sites is 2. The average molecular weight is 489 g/mol. The van der Waals surface area contributed by atoms with Gasteiger partial charge in [0.1, 0.15) is 32.5 Å². The van der Waals surface area contributed by atoms with Gasteiger partial charge in [-0.15, -0.1) is 0 Å². The predicted octanol–water partition coefficient (Wildman–Crippen LogP) is 5.85. The average Bonchev–Trinajstić information content (AvgIpc) is 3.25. The minimum absolute atomic E-state index is 0.0993. The minimum atomic E-state index is -3.75. The molecule has 30 heavy (non-hydrogen) atoms. The number of aryl methyl sites for hydroxylation is 2. The minimum Gasteiger partial charge on any atom is -0.460 e. The van der Waals surface area contributed by atoms with Gasteiger partial charge in [0.2, 0.25) is 0 Å². The Hall–Kier alpha value is -2.00. The normalized spacial score (nSPS) is 12.1. The number of fused-ring (bicyclic) bond motifs is 2. The number of benzene rings is 2. The number of hydrogen-bond acceptors (Lipinski definition) is 6. The highest BCUT2D eigenvalue weighted by Gasteiger charge is 2.23. The molecule has 0 saturated carbocycles. The van der Waals surface area contributed by atoms with Gasteiger partial charge in [0, 0.05) is 45.0 Å². The van der Waals surface area contributed by atoms with Crippen molar-refractivity contribution in [3.05, 3.63) is 60.1 Å². The summed E-state index contributed by atoms with van der Waals surface area (Å²) in [5, 5.41) is 1.09. The summed E-state index contributed by atoms with van der Waals surface area (Å²) < 4.78 is 56.4. The molecule has 0 unspecified atom stereocenters. The van der Waals surface area contributed by atoms with E-state index in [-0.39, 0.29) is 9.79 Å². The zero-order valence-electron chi connectivity index (χ0n) is 16.1. The summed E-state index contributed by atoms with van der Waals surface area (Å²) in [7, 11) is 3.25. The van der Waals surface area contributed by atoms with E-state index in [1.165, 1.54) is 0 Å². The highest BCUT2D eigenvalue weighted by atomic mass is 35.7. The van der Waals surface area contributed by atoms with Crippen molar-refractivity contribution in [1.29, 1.82) is 0 Å². The molecule has 0 radical (unpaired) electrons. The van der Waals surface area contributed by atoms with E-state index in [0.717, 1.165) is 0 Å². The second-order valence-electron chi connectivity index (χ2n) is 6.28. The molecule has 0 aliphatic rings. The lowest BCUT2D eigenvalue weighted by Gasteiger charge is -1.94. The van der Waals surface area contributed by atoms with Crippen molar-refractivity contribution >= 4 is 61.4 Å². The van der Waals surface area contributed by atoms with Crippen LogP contribution in [-0.4, -0.2) is 16.8 Å². The van der Waals surface area contributed by atoms with Crippen LogP contribution in [-0.2, 0) is 30.9 Å². The quantitative estimate of drug-likeness (QED) is 0.334. The second kappa shape index (κ2) is 8.63. The Balaban J connectivity index is 0.000000171. The van der Waals surface area contributed by atoms with Crippen LogP contribution in [0, 0.1) is 0 Å². The van der Waals surface area contributed by atoms with Crippen LogP contribution in [0.5, 0.6) is 0 Å². The molecule has 6 nitrogen and oxygen atoms in total.